The van der Waals surface area contributed by atoms with Crippen molar-refractivity contribution in [1.82, 2.24) is 25.9 Å². The molecule has 1 fully saturated rings. The number of nitrogens with zero attached hydrogens (tertiary/aromatic N) is 3. The fraction of sp³-hybridized carbons (Fsp3) is 0.267. The number of rotatable bonds is 6. The normalized spacial score (nSPS) is 19.4. The molecule has 1 aliphatic heterocycles. The van der Waals surface area contributed by atoms with Crippen molar-refractivity contribution >= 4 is 40.9 Å². The lowest BCUT2D eigenvalue weighted by atomic mass is 9.92. The quantitative estimate of drug-likeness (QED) is 0.559. The van der Waals surface area contributed by atoms with Crippen molar-refractivity contribution in [2.75, 3.05) is 12.9 Å². The lowest BCUT2D eigenvalue weighted by molar-refractivity contribution is -0.138. The monoisotopic (exact) mass is 393 g/mol. The standard InChI is InChI=1S/C15H15N5O4S2/c1-15(9-3-5-10(24-2)6-4-9)12(22)20(13(23)17-15)19-11(21)7-25-14-18-16-8-26-14/h3-6,8H,7H2,1-2H3,(H,17,23)(H,19,21)/t15-/m0/s1. The van der Waals surface area contributed by atoms with Crippen molar-refractivity contribution in [3.8, 4) is 5.75 Å². The number of methoxy groups -OCH3 is 1. The molecule has 9 nitrogen and oxygen atoms in total. The highest BCUT2D eigenvalue weighted by Gasteiger charge is 2.50. The topological polar surface area (TPSA) is 114 Å². The third-order valence-electron chi connectivity index (χ3n) is 3.76. The average Bonchev–Trinajstić information content (AvgIpc) is 3.23. The van der Waals surface area contributed by atoms with Crippen LogP contribution in [0.15, 0.2) is 34.1 Å². The van der Waals surface area contributed by atoms with E-state index in [0.717, 1.165) is 0 Å². The second-order valence-corrected chi connectivity index (χ2v) is 7.51. The van der Waals surface area contributed by atoms with Crippen LogP contribution < -0.4 is 15.5 Å². The van der Waals surface area contributed by atoms with Crippen LogP contribution in [0.2, 0.25) is 0 Å². The maximum Gasteiger partial charge on any atom is 0.344 e. The van der Waals surface area contributed by atoms with Gasteiger partial charge in [0.1, 0.15) is 16.8 Å². The van der Waals surface area contributed by atoms with E-state index >= 15 is 0 Å². The summed E-state index contributed by atoms with van der Waals surface area (Å²) in [5, 5.41) is 10.8. The minimum atomic E-state index is -1.27. The van der Waals surface area contributed by atoms with E-state index in [-0.39, 0.29) is 5.75 Å². The van der Waals surface area contributed by atoms with Crippen LogP contribution in [0.3, 0.4) is 0 Å². The molecule has 0 unspecified atom stereocenters. The average molecular weight is 393 g/mol. The van der Waals surface area contributed by atoms with Crippen LogP contribution in [-0.4, -0.2) is 45.9 Å². The zero-order valence-electron chi connectivity index (χ0n) is 13.9. The molecular weight excluding hydrogens is 378 g/mol. The minimum Gasteiger partial charge on any atom is -0.497 e. The summed E-state index contributed by atoms with van der Waals surface area (Å²) < 4.78 is 5.72. The Bertz CT molecular complexity index is 827. The van der Waals surface area contributed by atoms with E-state index in [2.05, 4.69) is 20.9 Å². The minimum absolute atomic E-state index is 0.00546. The van der Waals surface area contributed by atoms with Crippen LogP contribution in [0.4, 0.5) is 4.79 Å². The number of carbonyl (C=O) groups excluding carboxylic acids is 3. The van der Waals surface area contributed by atoms with Crippen LogP contribution >= 0.6 is 23.1 Å². The molecule has 3 rings (SSSR count). The Kier molecular flexibility index (Phi) is 5.09. The van der Waals surface area contributed by atoms with E-state index in [4.69, 9.17) is 4.74 Å². The number of benzene rings is 1. The third-order valence-corrected chi connectivity index (χ3v) is 5.62. The van der Waals surface area contributed by atoms with Gasteiger partial charge in [0.25, 0.3) is 5.91 Å². The van der Waals surface area contributed by atoms with Crippen molar-refractivity contribution in [3.05, 3.63) is 35.3 Å². The highest BCUT2D eigenvalue weighted by atomic mass is 32.2. The Hall–Kier alpha value is -2.66. The van der Waals surface area contributed by atoms with Gasteiger partial charge < -0.3 is 10.1 Å². The van der Waals surface area contributed by atoms with E-state index in [0.29, 0.717) is 20.7 Å². The van der Waals surface area contributed by atoms with Gasteiger partial charge in [-0.15, -0.1) is 10.2 Å². The van der Waals surface area contributed by atoms with E-state index < -0.39 is 23.4 Å². The SMILES string of the molecule is COc1ccc([C@]2(C)NC(=O)N(NC(=O)CSc3nncs3)C2=O)cc1. The maximum absolute atomic E-state index is 12.7. The number of hydrogen-bond donors (Lipinski definition) is 2. The number of ether oxygens (including phenoxy) is 1. The Balaban J connectivity index is 1.68. The molecule has 11 heteroatoms. The number of imide groups is 1. The van der Waals surface area contributed by atoms with Crippen molar-refractivity contribution in [1.29, 1.82) is 0 Å². The Morgan fingerprint density at radius 3 is 2.73 bits per heavy atom. The van der Waals surface area contributed by atoms with Gasteiger partial charge in [-0.3, -0.25) is 15.0 Å². The lowest BCUT2D eigenvalue weighted by Crippen LogP contribution is -2.48. The van der Waals surface area contributed by atoms with Crippen molar-refractivity contribution in [3.63, 3.8) is 0 Å². The predicted octanol–water partition coefficient (Wildman–Crippen LogP) is 1.14. The summed E-state index contributed by atoms with van der Waals surface area (Å²) >= 11 is 2.47. The van der Waals surface area contributed by atoms with E-state index in [1.807, 2.05) is 0 Å². The van der Waals surface area contributed by atoms with E-state index in [9.17, 15) is 14.4 Å². The highest BCUT2D eigenvalue weighted by molar-refractivity contribution is 8.01. The molecule has 26 heavy (non-hydrogen) atoms. The molecule has 0 aliphatic carbocycles. The molecular formula is C15H15N5O4S2. The largest absolute Gasteiger partial charge is 0.497 e. The molecule has 4 amide bonds. The van der Waals surface area contributed by atoms with Gasteiger partial charge in [-0.05, 0) is 24.6 Å². The van der Waals surface area contributed by atoms with Gasteiger partial charge in [-0.2, -0.15) is 5.01 Å². The summed E-state index contributed by atoms with van der Waals surface area (Å²) in [6, 6.07) is 6.07. The van der Waals surface area contributed by atoms with Gasteiger partial charge in [0, 0.05) is 0 Å². The van der Waals surface area contributed by atoms with Gasteiger partial charge >= 0.3 is 6.03 Å². The molecule has 0 radical (unpaired) electrons. The fourth-order valence-corrected chi connectivity index (χ4v) is 3.65. The second-order valence-electron chi connectivity index (χ2n) is 5.45. The Morgan fingerprint density at radius 2 is 2.12 bits per heavy atom. The van der Waals surface area contributed by atoms with Crippen LogP contribution in [0.25, 0.3) is 0 Å². The first-order chi connectivity index (χ1) is 12.4. The fourth-order valence-electron chi connectivity index (χ4n) is 2.37. The number of carbonyl (C=O) groups is 3. The van der Waals surface area contributed by atoms with Crippen LogP contribution in [0.5, 0.6) is 5.75 Å². The first-order valence-electron chi connectivity index (χ1n) is 7.43. The molecule has 2 heterocycles. The first-order valence-corrected chi connectivity index (χ1v) is 9.30. The van der Waals surface area contributed by atoms with Gasteiger partial charge in [-0.1, -0.05) is 35.2 Å². The zero-order valence-corrected chi connectivity index (χ0v) is 15.5. The predicted molar refractivity (Wildman–Crippen MR) is 94.5 cm³/mol. The third kappa shape index (κ3) is 3.48. The van der Waals surface area contributed by atoms with Gasteiger partial charge in [0.05, 0.1) is 12.9 Å². The number of thioether (sulfide) groups is 1. The number of hydrogen-bond acceptors (Lipinski definition) is 8. The number of amides is 4. The maximum atomic E-state index is 12.7. The Labute approximate surface area is 157 Å². The molecule has 2 aromatic rings. The van der Waals surface area contributed by atoms with Crippen LogP contribution in [-0.2, 0) is 15.1 Å². The molecule has 1 aromatic carbocycles. The summed E-state index contributed by atoms with van der Waals surface area (Å²) in [6.45, 7) is 1.58. The zero-order chi connectivity index (χ0) is 18.7. The summed E-state index contributed by atoms with van der Waals surface area (Å²) in [5.74, 6) is -0.423. The van der Waals surface area contributed by atoms with E-state index in [1.54, 1.807) is 36.7 Å². The molecule has 1 aliphatic rings. The molecule has 1 saturated heterocycles. The highest BCUT2D eigenvalue weighted by Crippen LogP contribution is 2.29. The molecule has 136 valence electrons. The molecule has 2 N–H and O–H groups in total. The Morgan fingerprint density at radius 1 is 1.38 bits per heavy atom. The van der Waals surface area contributed by atoms with Crippen molar-refractivity contribution < 1.29 is 19.1 Å². The van der Waals surface area contributed by atoms with E-state index in [1.165, 1.54) is 30.2 Å². The summed E-state index contributed by atoms with van der Waals surface area (Å²) in [7, 11) is 1.54. The molecule has 0 saturated carbocycles. The van der Waals surface area contributed by atoms with Gasteiger partial charge in [0.2, 0.25) is 5.91 Å². The second kappa shape index (κ2) is 7.30. The summed E-state index contributed by atoms with van der Waals surface area (Å²) in [4.78, 5) is 37.0. The van der Waals surface area contributed by atoms with Gasteiger partial charge in [0.15, 0.2) is 4.34 Å². The smallest absolute Gasteiger partial charge is 0.344 e. The molecule has 1 atom stereocenters. The molecule has 0 spiro atoms. The van der Waals surface area contributed by atoms with Crippen LogP contribution in [0, 0.1) is 0 Å². The summed E-state index contributed by atoms with van der Waals surface area (Å²) in [5.41, 5.74) is 3.19. The number of nitrogens with one attached hydrogen (secondary N) is 2. The van der Waals surface area contributed by atoms with Crippen LogP contribution in [0.1, 0.15) is 12.5 Å². The molecule has 1 aromatic heterocycles. The number of hydrazine groups is 1. The summed E-state index contributed by atoms with van der Waals surface area (Å²) in [6.07, 6.45) is 0. The van der Waals surface area contributed by atoms with Crippen molar-refractivity contribution in [2.24, 2.45) is 0 Å². The first kappa shape index (κ1) is 18.1. The lowest BCUT2D eigenvalue weighted by Gasteiger charge is -2.22. The van der Waals surface area contributed by atoms with Gasteiger partial charge in [-0.25, -0.2) is 4.79 Å². The number of aromatic nitrogens is 2. The molecule has 0 bridgehead atoms. The van der Waals surface area contributed by atoms with Crippen molar-refractivity contribution in [2.45, 2.75) is 16.8 Å². The number of urea groups is 1.